The standard InChI is InChI=1S/C13H15BrN2.C5H10O2/c14-11-1-2-12-10(7-11)8-13(16-12)9-3-5-15-6-4-9;1-5(2,3)7-4-6/h1-2,7-9,15-16H,3-6H2;4H,1-3H3. The Morgan fingerprint density at radius 3 is 2.48 bits per heavy atom. The van der Waals surface area contributed by atoms with Crippen LogP contribution in [0.4, 0.5) is 0 Å². The maximum absolute atomic E-state index is 9.60. The molecule has 2 N–H and O–H groups in total. The predicted octanol–water partition coefficient (Wildman–Crippen LogP) is 4.36. The predicted molar refractivity (Wildman–Crippen MR) is 97.7 cm³/mol. The molecule has 0 atom stereocenters. The Hall–Kier alpha value is -1.33. The molecule has 0 aliphatic carbocycles. The summed E-state index contributed by atoms with van der Waals surface area (Å²) in [5.41, 5.74) is 2.33. The van der Waals surface area contributed by atoms with Gasteiger partial charge in [-0.2, -0.15) is 0 Å². The van der Waals surface area contributed by atoms with Gasteiger partial charge in [-0.25, -0.2) is 0 Å². The number of H-pyrrole nitrogens is 1. The van der Waals surface area contributed by atoms with Crippen LogP contribution in [0.2, 0.25) is 0 Å². The Labute approximate surface area is 146 Å². The lowest BCUT2D eigenvalue weighted by atomic mass is 9.95. The van der Waals surface area contributed by atoms with E-state index in [4.69, 9.17) is 0 Å². The van der Waals surface area contributed by atoms with E-state index in [1.807, 2.05) is 20.8 Å². The Morgan fingerprint density at radius 2 is 1.91 bits per heavy atom. The highest BCUT2D eigenvalue weighted by atomic mass is 79.9. The second kappa shape index (κ2) is 7.97. The molecule has 0 bridgehead atoms. The largest absolute Gasteiger partial charge is 0.462 e. The van der Waals surface area contributed by atoms with Gasteiger partial charge in [0.1, 0.15) is 5.60 Å². The molecule has 3 rings (SSSR count). The molecule has 1 aromatic heterocycles. The number of halogens is 1. The highest BCUT2D eigenvalue weighted by Crippen LogP contribution is 2.28. The number of carbonyl (C=O) groups excluding carboxylic acids is 1. The van der Waals surface area contributed by atoms with Gasteiger partial charge in [0, 0.05) is 27.0 Å². The molecule has 0 unspecified atom stereocenters. The smallest absolute Gasteiger partial charge is 0.293 e. The fourth-order valence-electron chi connectivity index (χ4n) is 2.62. The highest BCUT2D eigenvalue weighted by molar-refractivity contribution is 9.10. The second-order valence-electron chi connectivity index (χ2n) is 6.81. The number of ether oxygens (including phenoxy) is 1. The lowest BCUT2D eigenvalue weighted by molar-refractivity contribution is -0.138. The van der Waals surface area contributed by atoms with Crippen molar-refractivity contribution in [3.63, 3.8) is 0 Å². The molecular formula is C18H25BrN2O2. The number of hydrogen-bond acceptors (Lipinski definition) is 3. The Bertz CT molecular complexity index is 640. The number of hydrogen-bond donors (Lipinski definition) is 2. The van der Waals surface area contributed by atoms with E-state index in [1.54, 1.807) is 0 Å². The molecule has 2 aromatic rings. The van der Waals surface area contributed by atoms with Crippen molar-refractivity contribution in [2.24, 2.45) is 0 Å². The number of benzene rings is 1. The van der Waals surface area contributed by atoms with E-state index < -0.39 is 0 Å². The van der Waals surface area contributed by atoms with Gasteiger partial charge in [-0.3, -0.25) is 4.79 Å². The number of nitrogens with one attached hydrogen (secondary N) is 2. The van der Waals surface area contributed by atoms with Crippen molar-refractivity contribution in [3.05, 3.63) is 34.4 Å². The minimum atomic E-state index is -0.318. The maximum atomic E-state index is 9.60. The molecule has 2 heterocycles. The average Bonchev–Trinajstić information content (AvgIpc) is 2.90. The number of aromatic amines is 1. The summed E-state index contributed by atoms with van der Waals surface area (Å²) >= 11 is 3.51. The van der Waals surface area contributed by atoms with Crippen molar-refractivity contribution in [3.8, 4) is 0 Å². The van der Waals surface area contributed by atoms with E-state index in [9.17, 15) is 4.79 Å². The monoisotopic (exact) mass is 380 g/mol. The minimum Gasteiger partial charge on any atom is -0.462 e. The van der Waals surface area contributed by atoms with Gasteiger partial charge in [0.15, 0.2) is 0 Å². The summed E-state index contributed by atoms with van der Waals surface area (Å²) in [6.45, 7) is 8.21. The van der Waals surface area contributed by atoms with Crippen LogP contribution in [0.5, 0.6) is 0 Å². The fraction of sp³-hybridized carbons (Fsp3) is 0.500. The molecular weight excluding hydrogens is 356 g/mol. The Morgan fingerprint density at radius 1 is 1.22 bits per heavy atom. The van der Waals surface area contributed by atoms with Crippen molar-refractivity contribution in [1.29, 1.82) is 0 Å². The summed E-state index contributed by atoms with van der Waals surface area (Å²) in [5.74, 6) is 0.701. The molecule has 126 valence electrons. The van der Waals surface area contributed by atoms with Crippen molar-refractivity contribution in [2.45, 2.75) is 45.1 Å². The average molecular weight is 381 g/mol. The number of carbonyl (C=O) groups is 1. The van der Waals surface area contributed by atoms with Crippen LogP contribution in [0.15, 0.2) is 28.7 Å². The molecule has 0 amide bonds. The third kappa shape index (κ3) is 5.66. The lowest BCUT2D eigenvalue weighted by Crippen LogP contribution is -2.26. The van der Waals surface area contributed by atoms with E-state index in [0.717, 1.165) is 17.6 Å². The van der Waals surface area contributed by atoms with Crippen LogP contribution in [0.25, 0.3) is 10.9 Å². The second-order valence-corrected chi connectivity index (χ2v) is 7.72. The van der Waals surface area contributed by atoms with Crippen molar-refractivity contribution < 1.29 is 9.53 Å². The van der Waals surface area contributed by atoms with Crippen LogP contribution >= 0.6 is 15.9 Å². The van der Waals surface area contributed by atoms with E-state index in [2.05, 4.69) is 55.2 Å². The van der Waals surface area contributed by atoms with Gasteiger partial charge in [-0.1, -0.05) is 15.9 Å². The normalized spacial score (nSPS) is 15.8. The number of fused-ring (bicyclic) bond motifs is 1. The Kier molecular flexibility index (Phi) is 6.25. The fourth-order valence-corrected chi connectivity index (χ4v) is 3.00. The molecule has 4 nitrogen and oxygen atoms in total. The first-order chi connectivity index (χ1) is 10.9. The summed E-state index contributed by atoms with van der Waals surface area (Å²) in [4.78, 5) is 13.1. The molecule has 1 aromatic carbocycles. The summed E-state index contributed by atoms with van der Waals surface area (Å²) in [6.07, 6.45) is 2.49. The molecule has 23 heavy (non-hydrogen) atoms. The van der Waals surface area contributed by atoms with E-state index in [0.29, 0.717) is 12.4 Å². The summed E-state index contributed by atoms with van der Waals surface area (Å²) < 4.78 is 5.70. The van der Waals surface area contributed by atoms with Gasteiger partial charge in [0.05, 0.1) is 0 Å². The molecule has 1 saturated heterocycles. The minimum absolute atomic E-state index is 0.318. The molecule has 0 spiro atoms. The first-order valence-electron chi connectivity index (χ1n) is 7.99. The van der Waals surface area contributed by atoms with Crippen LogP contribution in [0, 0.1) is 0 Å². The number of piperidine rings is 1. The van der Waals surface area contributed by atoms with Gasteiger partial charge in [-0.15, -0.1) is 0 Å². The molecule has 1 aliphatic heterocycles. The highest BCUT2D eigenvalue weighted by Gasteiger charge is 2.16. The third-order valence-electron chi connectivity index (χ3n) is 3.78. The van der Waals surface area contributed by atoms with Crippen LogP contribution in [0.3, 0.4) is 0 Å². The lowest BCUT2D eigenvalue weighted by Gasteiger charge is -2.21. The molecule has 0 saturated carbocycles. The first kappa shape index (κ1) is 18.0. The number of aromatic nitrogens is 1. The topological polar surface area (TPSA) is 54.1 Å². The zero-order chi connectivity index (χ0) is 16.9. The maximum Gasteiger partial charge on any atom is 0.293 e. The van der Waals surface area contributed by atoms with Crippen LogP contribution in [-0.4, -0.2) is 30.1 Å². The molecule has 0 radical (unpaired) electrons. The summed E-state index contributed by atoms with van der Waals surface area (Å²) in [5, 5.41) is 4.71. The number of rotatable bonds is 2. The van der Waals surface area contributed by atoms with E-state index >= 15 is 0 Å². The van der Waals surface area contributed by atoms with E-state index in [-0.39, 0.29) is 5.60 Å². The molecule has 5 heteroatoms. The van der Waals surface area contributed by atoms with Crippen LogP contribution < -0.4 is 5.32 Å². The zero-order valence-electron chi connectivity index (χ0n) is 14.0. The van der Waals surface area contributed by atoms with Crippen molar-refractivity contribution >= 4 is 33.3 Å². The first-order valence-corrected chi connectivity index (χ1v) is 8.79. The van der Waals surface area contributed by atoms with Crippen LogP contribution in [-0.2, 0) is 9.53 Å². The van der Waals surface area contributed by atoms with Crippen molar-refractivity contribution in [2.75, 3.05) is 13.1 Å². The van der Waals surface area contributed by atoms with Gasteiger partial charge < -0.3 is 15.0 Å². The SMILES string of the molecule is Brc1ccc2[nH]c(C3CCNCC3)cc2c1.CC(C)(C)OC=O. The van der Waals surface area contributed by atoms with Gasteiger partial charge >= 0.3 is 0 Å². The van der Waals surface area contributed by atoms with Crippen molar-refractivity contribution in [1.82, 2.24) is 10.3 Å². The van der Waals surface area contributed by atoms with Gasteiger partial charge in [-0.05, 0) is 71.0 Å². The van der Waals surface area contributed by atoms with Crippen LogP contribution in [0.1, 0.15) is 45.2 Å². The molecule has 1 fully saturated rings. The summed E-state index contributed by atoms with van der Waals surface area (Å²) in [6, 6.07) is 8.71. The third-order valence-corrected chi connectivity index (χ3v) is 4.28. The van der Waals surface area contributed by atoms with Gasteiger partial charge in [0.25, 0.3) is 6.47 Å². The summed E-state index contributed by atoms with van der Waals surface area (Å²) in [7, 11) is 0. The molecule has 1 aliphatic rings. The van der Waals surface area contributed by atoms with E-state index in [1.165, 1.54) is 29.4 Å². The Balaban J connectivity index is 0.000000236. The quantitative estimate of drug-likeness (QED) is 0.761. The van der Waals surface area contributed by atoms with Gasteiger partial charge in [0.2, 0.25) is 0 Å². The zero-order valence-corrected chi connectivity index (χ0v) is 15.6.